The quantitative estimate of drug-likeness (QED) is 0.274. The first-order valence-corrected chi connectivity index (χ1v) is 11.5. The third kappa shape index (κ3) is 4.27. The minimum absolute atomic E-state index is 0.00286. The lowest BCUT2D eigenvalue weighted by Gasteiger charge is -2.25. The number of carbonyl (C=O) groups is 2. The average Bonchev–Trinajstić information content (AvgIpc) is 3.32. The average molecular weight is 502 g/mol. The standard InChI is InChI=1S/C25H25Cl2N3O4/c1-29(2)9-6-10-30-21(16-13-28-19-8-5-4-7-15(16)19)20(23(32)25(30)33)22(31)14-11-17(26)24(34-3)18(27)12-14/h4-5,7-8,11-13,21,28,31H,6,9-10H2,1-3H3/b22-20+. The van der Waals surface area contributed by atoms with Gasteiger partial charge in [-0.1, -0.05) is 41.4 Å². The van der Waals surface area contributed by atoms with E-state index < -0.39 is 17.7 Å². The van der Waals surface area contributed by atoms with Crippen molar-refractivity contribution in [3.8, 4) is 5.75 Å². The van der Waals surface area contributed by atoms with E-state index in [1.165, 1.54) is 24.1 Å². The first kappa shape index (κ1) is 24.1. The van der Waals surface area contributed by atoms with Crippen molar-refractivity contribution in [2.75, 3.05) is 34.3 Å². The number of rotatable bonds is 7. The zero-order valence-corrected chi connectivity index (χ0v) is 20.6. The van der Waals surface area contributed by atoms with Gasteiger partial charge in [0.15, 0.2) is 5.75 Å². The Morgan fingerprint density at radius 1 is 1.18 bits per heavy atom. The number of nitrogens with zero attached hydrogens (tertiary/aromatic N) is 2. The molecule has 1 unspecified atom stereocenters. The second-order valence-corrected chi connectivity index (χ2v) is 9.23. The van der Waals surface area contributed by atoms with E-state index in [-0.39, 0.29) is 32.7 Å². The van der Waals surface area contributed by atoms with Crippen LogP contribution in [0.3, 0.4) is 0 Å². The lowest BCUT2D eigenvalue weighted by Crippen LogP contribution is -2.32. The van der Waals surface area contributed by atoms with Crippen molar-refractivity contribution in [3.05, 3.63) is 69.3 Å². The summed E-state index contributed by atoms with van der Waals surface area (Å²) in [6.07, 6.45) is 2.44. The van der Waals surface area contributed by atoms with Gasteiger partial charge in [-0.15, -0.1) is 0 Å². The molecule has 4 rings (SSSR count). The number of aliphatic hydroxyl groups excluding tert-OH is 1. The second-order valence-electron chi connectivity index (χ2n) is 8.41. The minimum atomic E-state index is -0.766. The molecule has 0 spiro atoms. The number of ketones is 1. The predicted molar refractivity (Wildman–Crippen MR) is 133 cm³/mol. The van der Waals surface area contributed by atoms with Crippen LogP contribution < -0.4 is 4.74 Å². The molecule has 3 aromatic rings. The summed E-state index contributed by atoms with van der Waals surface area (Å²) in [4.78, 5) is 33.1. The van der Waals surface area contributed by atoms with Crippen molar-refractivity contribution in [2.45, 2.75) is 12.5 Å². The van der Waals surface area contributed by atoms with Gasteiger partial charge in [0, 0.05) is 34.8 Å². The molecular formula is C25H25Cl2N3O4. The molecule has 2 N–H and O–H groups in total. The summed E-state index contributed by atoms with van der Waals surface area (Å²) < 4.78 is 5.18. The number of amides is 1. The summed E-state index contributed by atoms with van der Waals surface area (Å²) in [5, 5.41) is 12.5. The molecule has 1 aromatic heterocycles. The highest BCUT2D eigenvalue weighted by Crippen LogP contribution is 2.43. The Labute approximate surface area is 207 Å². The van der Waals surface area contributed by atoms with E-state index in [1.807, 2.05) is 43.3 Å². The molecule has 0 radical (unpaired) electrons. The largest absolute Gasteiger partial charge is 0.507 e. The van der Waals surface area contributed by atoms with E-state index in [0.29, 0.717) is 13.0 Å². The smallest absolute Gasteiger partial charge is 0.295 e. The molecule has 1 amide bonds. The Balaban J connectivity index is 1.89. The van der Waals surface area contributed by atoms with Crippen molar-refractivity contribution < 1.29 is 19.4 Å². The molecule has 1 aliphatic rings. The molecule has 34 heavy (non-hydrogen) atoms. The van der Waals surface area contributed by atoms with Crippen molar-refractivity contribution in [1.82, 2.24) is 14.8 Å². The van der Waals surface area contributed by atoms with Crippen molar-refractivity contribution in [3.63, 3.8) is 0 Å². The number of hydrogen-bond donors (Lipinski definition) is 2. The number of ether oxygens (including phenoxy) is 1. The predicted octanol–water partition coefficient (Wildman–Crippen LogP) is 4.86. The molecule has 0 aliphatic carbocycles. The number of fused-ring (bicyclic) bond motifs is 1. The minimum Gasteiger partial charge on any atom is -0.507 e. The van der Waals surface area contributed by atoms with Gasteiger partial charge in [-0.05, 0) is 45.3 Å². The third-order valence-corrected chi connectivity index (χ3v) is 6.50. The molecule has 1 fully saturated rings. The lowest BCUT2D eigenvalue weighted by molar-refractivity contribution is -0.139. The highest BCUT2D eigenvalue weighted by Gasteiger charge is 2.46. The topological polar surface area (TPSA) is 85.9 Å². The van der Waals surface area contributed by atoms with Gasteiger partial charge < -0.3 is 24.6 Å². The number of nitrogens with one attached hydrogen (secondary N) is 1. The number of benzene rings is 2. The fourth-order valence-electron chi connectivity index (χ4n) is 4.36. The molecule has 178 valence electrons. The van der Waals surface area contributed by atoms with Crippen LogP contribution in [0.4, 0.5) is 0 Å². The number of aliphatic hydroxyl groups is 1. The fourth-order valence-corrected chi connectivity index (χ4v) is 5.00. The lowest BCUT2D eigenvalue weighted by atomic mass is 9.95. The molecule has 2 heterocycles. The zero-order chi connectivity index (χ0) is 24.6. The van der Waals surface area contributed by atoms with Gasteiger partial charge in [0.25, 0.3) is 11.7 Å². The van der Waals surface area contributed by atoms with Gasteiger partial charge in [0.2, 0.25) is 0 Å². The van der Waals surface area contributed by atoms with Crippen molar-refractivity contribution in [1.29, 1.82) is 0 Å². The Hall–Kier alpha value is -3.00. The number of para-hydroxylation sites is 1. The molecule has 1 aliphatic heterocycles. The van der Waals surface area contributed by atoms with E-state index in [1.54, 1.807) is 6.20 Å². The SMILES string of the molecule is COc1c(Cl)cc(/C(O)=C2\C(=O)C(=O)N(CCCN(C)C)C2c2c[nH]c3ccccc23)cc1Cl. The van der Waals surface area contributed by atoms with Gasteiger partial charge >= 0.3 is 0 Å². The highest BCUT2D eigenvalue weighted by atomic mass is 35.5. The number of hydrogen-bond acceptors (Lipinski definition) is 5. The molecule has 0 bridgehead atoms. The summed E-state index contributed by atoms with van der Waals surface area (Å²) in [5.41, 5.74) is 1.82. The Morgan fingerprint density at radius 3 is 2.50 bits per heavy atom. The molecule has 1 atom stereocenters. The highest BCUT2D eigenvalue weighted by molar-refractivity contribution is 6.47. The third-order valence-electron chi connectivity index (χ3n) is 5.94. The van der Waals surface area contributed by atoms with Crippen LogP contribution in [-0.4, -0.2) is 65.9 Å². The fraction of sp³-hybridized carbons (Fsp3) is 0.280. The van der Waals surface area contributed by atoms with E-state index in [4.69, 9.17) is 27.9 Å². The van der Waals surface area contributed by atoms with E-state index in [0.717, 1.165) is 23.0 Å². The van der Waals surface area contributed by atoms with Crippen molar-refractivity contribution >= 4 is 51.6 Å². The number of aromatic nitrogens is 1. The number of Topliss-reactive ketones (excluding diaryl/α,β-unsaturated/α-hetero) is 1. The van der Waals surface area contributed by atoms with Gasteiger partial charge in [-0.2, -0.15) is 0 Å². The van der Waals surface area contributed by atoms with Gasteiger partial charge in [-0.3, -0.25) is 9.59 Å². The number of methoxy groups -OCH3 is 1. The number of likely N-dealkylation sites (tertiary alicyclic amines) is 1. The van der Waals surface area contributed by atoms with Crippen LogP contribution in [0.15, 0.2) is 48.2 Å². The molecular weight excluding hydrogens is 477 g/mol. The van der Waals surface area contributed by atoms with Gasteiger partial charge in [0.1, 0.15) is 5.76 Å². The summed E-state index contributed by atoms with van der Waals surface area (Å²) in [6.45, 7) is 1.10. The van der Waals surface area contributed by atoms with Gasteiger partial charge in [0.05, 0.1) is 28.8 Å². The van der Waals surface area contributed by atoms with Crippen LogP contribution in [0.25, 0.3) is 16.7 Å². The summed E-state index contributed by atoms with van der Waals surface area (Å²) >= 11 is 12.6. The van der Waals surface area contributed by atoms with Crippen LogP contribution >= 0.6 is 23.2 Å². The molecule has 0 saturated carbocycles. The molecule has 2 aromatic carbocycles. The normalized spacial score (nSPS) is 17.8. The van der Waals surface area contributed by atoms with E-state index >= 15 is 0 Å². The maximum atomic E-state index is 13.2. The van der Waals surface area contributed by atoms with Crippen LogP contribution in [0, 0.1) is 0 Å². The second kappa shape index (κ2) is 9.70. The zero-order valence-electron chi connectivity index (χ0n) is 19.1. The van der Waals surface area contributed by atoms with Crippen LogP contribution in [0.5, 0.6) is 5.75 Å². The van der Waals surface area contributed by atoms with Crippen LogP contribution in [0.2, 0.25) is 10.0 Å². The monoisotopic (exact) mass is 501 g/mol. The maximum Gasteiger partial charge on any atom is 0.295 e. The summed E-state index contributed by atoms with van der Waals surface area (Å²) in [7, 11) is 5.33. The summed E-state index contributed by atoms with van der Waals surface area (Å²) in [5.74, 6) is -1.48. The Bertz CT molecular complexity index is 1280. The maximum absolute atomic E-state index is 13.2. The van der Waals surface area contributed by atoms with Crippen LogP contribution in [-0.2, 0) is 9.59 Å². The first-order chi connectivity index (χ1) is 16.2. The number of aromatic amines is 1. The van der Waals surface area contributed by atoms with Crippen LogP contribution in [0.1, 0.15) is 23.6 Å². The number of halogens is 2. The first-order valence-electron chi connectivity index (χ1n) is 10.8. The van der Waals surface area contributed by atoms with Crippen molar-refractivity contribution in [2.24, 2.45) is 0 Å². The Morgan fingerprint density at radius 2 is 1.85 bits per heavy atom. The summed E-state index contributed by atoms with van der Waals surface area (Å²) in [6, 6.07) is 9.79. The number of carbonyl (C=O) groups excluding carboxylic acids is 2. The van der Waals surface area contributed by atoms with Gasteiger partial charge in [-0.25, -0.2) is 0 Å². The van der Waals surface area contributed by atoms with E-state index in [2.05, 4.69) is 4.98 Å². The molecule has 1 saturated heterocycles. The molecule has 9 heteroatoms. The molecule has 7 nitrogen and oxygen atoms in total. The number of H-pyrrole nitrogens is 1. The Kier molecular flexibility index (Phi) is 6.89. The van der Waals surface area contributed by atoms with E-state index in [9.17, 15) is 14.7 Å².